The van der Waals surface area contributed by atoms with E-state index in [4.69, 9.17) is 4.74 Å². The molecule has 0 spiro atoms. The van der Waals surface area contributed by atoms with Crippen molar-refractivity contribution in [3.63, 3.8) is 0 Å². The predicted molar refractivity (Wildman–Crippen MR) is 120 cm³/mol. The van der Waals surface area contributed by atoms with Crippen molar-refractivity contribution in [1.82, 2.24) is 4.90 Å². The summed E-state index contributed by atoms with van der Waals surface area (Å²) in [6, 6.07) is 22.4. The average molecular weight is 404 g/mol. The Kier molecular flexibility index (Phi) is 6.81. The smallest absolute Gasteiger partial charge is 0.127 e. The van der Waals surface area contributed by atoms with E-state index in [0.29, 0.717) is 6.54 Å². The van der Waals surface area contributed by atoms with Crippen molar-refractivity contribution in [1.29, 1.82) is 0 Å². The number of nitrogens with zero attached hydrogens (tertiary/aromatic N) is 1. The van der Waals surface area contributed by atoms with Gasteiger partial charge in [0.1, 0.15) is 11.6 Å². The fourth-order valence-electron chi connectivity index (χ4n) is 4.18. The van der Waals surface area contributed by atoms with Gasteiger partial charge in [0.25, 0.3) is 0 Å². The molecule has 2 bridgehead atoms. The highest BCUT2D eigenvalue weighted by Crippen LogP contribution is 2.25. The maximum atomic E-state index is 14.2. The third kappa shape index (κ3) is 5.48. The number of benzene rings is 3. The highest BCUT2D eigenvalue weighted by molar-refractivity contribution is 5.41. The largest absolute Gasteiger partial charge is 0.493 e. The topological polar surface area (TPSA) is 12.5 Å². The Morgan fingerprint density at radius 1 is 0.900 bits per heavy atom. The molecule has 156 valence electrons. The summed E-state index contributed by atoms with van der Waals surface area (Å²) in [7, 11) is 0. The molecule has 0 amide bonds. The van der Waals surface area contributed by atoms with Gasteiger partial charge in [0.2, 0.25) is 0 Å². The molecule has 0 unspecified atom stereocenters. The minimum Gasteiger partial charge on any atom is -0.493 e. The molecule has 3 aromatic carbocycles. The number of aryl methyl sites for hydroxylation is 1. The summed E-state index contributed by atoms with van der Waals surface area (Å²) >= 11 is 0. The Hall–Kier alpha value is -2.65. The lowest BCUT2D eigenvalue weighted by atomic mass is 10.00. The maximum Gasteiger partial charge on any atom is 0.127 e. The molecule has 4 rings (SSSR count). The lowest BCUT2D eigenvalue weighted by molar-refractivity contribution is 0.240. The van der Waals surface area contributed by atoms with Crippen LogP contribution in [0.1, 0.15) is 47.1 Å². The second kappa shape index (κ2) is 9.90. The molecule has 0 atom stereocenters. The van der Waals surface area contributed by atoms with Crippen molar-refractivity contribution in [2.45, 2.75) is 45.7 Å². The minimum absolute atomic E-state index is 0.119. The van der Waals surface area contributed by atoms with Crippen LogP contribution in [-0.2, 0) is 19.5 Å². The normalized spacial score (nSPS) is 15.7. The second-order valence-electron chi connectivity index (χ2n) is 8.32. The number of hydrogen-bond donors (Lipinski definition) is 0. The Balaban J connectivity index is 1.59. The van der Waals surface area contributed by atoms with E-state index in [-0.39, 0.29) is 5.82 Å². The van der Waals surface area contributed by atoms with Gasteiger partial charge in [0.05, 0.1) is 6.61 Å². The summed E-state index contributed by atoms with van der Waals surface area (Å²) in [5.41, 5.74) is 5.82. The monoisotopic (exact) mass is 403 g/mol. The first-order valence-corrected chi connectivity index (χ1v) is 10.9. The number of rotatable bonds is 2. The van der Waals surface area contributed by atoms with Crippen LogP contribution >= 0.6 is 0 Å². The summed E-state index contributed by atoms with van der Waals surface area (Å²) in [5.74, 6) is 0.885. The van der Waals surface area contributed by atoms with Crippen LogP contribution in [-0.4, -0.2) is 18.1 Å². The summed E-state index contributed by atoms with van der Waals surface area (Å²) < 4.78 is 20.4. The van der Waals surface area contributed by atoms with Gasteiger partial charge in [-0.3, -0.25) is 4.90 Å². The zero-order valence-corrected chi connectivity index (χ0v) is 17.7. The van der Waals surface area contributed by atoms with E-state index >= 15 is 0 Å². The number of halogens is 1. The molecule has 1 heterocycles. The molecule has 30 heavy (non-hydrogen) atoms. The molecule has 1 aliphatic heterocycles. The molecule has 0 fully saturated rings. The first kappa shape index (κ1) is 20.6. The van der Waals surface area contributed by atoms with E-state index in [0.717, 1.165) is 56.7 Å². The van der Waals surface area contributed by atoms with Gasteiger partial charge in [0, 0.05) is 25.1 Å². The van der Waals surface area contributed by atoms with Crippen LogP contribution in [0.4, 0.5) is 4.39 Å². The van der Waals surface area contributed by atoms with Crippen LogP contribution in [0.25, 0.3) is 0 Å². The van der Waals surface area contributed by atoms with Crippen molar-refractivity contribution in [2.24, 2.45) is 0 Å². The SMILES string of the molecule is Cc1ccc2c(c1)Cc1cccc(c1)CN(Cc1ccccc1F)CCCCCO2. The lowest BCUT2D eigenvalue weighted by Gasteiger charge is -2.24. The van der Waals surface area contributed by atoms with Gasteiger partial charge in [-0.2, -0.15) is 0 Å². The van der Waals surface area contributed by atoms with Crippen LogP contribution in [0.15, 0.2) is 66.7 Å². The molecular formula is C27H30FNO. The fourth-order valence-corrected chi connectivity index (χ4v) is 4.18. The molecule has 0 aromatic heterocycles. The van der Waals surface area contributed by atoms with Crippen molar-refractivity contribution in [3.8, 4) is 5.75 Å². The first-order valence-electron chi connectivity index (χ1n) is 10.9. The molecule has 1 aliphatic rings. The third-order valence-corrected chi connectivity index (χ3v) is 5.74. The number of hydrogen-bond acceptors (Lipinski definition) is 2. The quantitative estimate of drug-likeness (QED) is 0.499. The van der Waals surface area contributed by atoms with E-state index < -0.39 is 0 Å². The van der Waals surface area contributed by atoms with E-state index in [1.165, 1.54) is 22.3 Å². The molecular weight excluding hydrogens is 373 g/mol. The van der Waals surface area contributed by atoms with Gasteiger partial charge in [-0.05, 0) is 61.6 Å². The average Bonchev–Trinajstić information content (AvgIpc) is 2.73. The van der Waals surface area contributed by atoms with Crippen molar-refractivity contribution in [2.75, 3.05) is 13.2 Å². The Bertz CT molecular complexity index is 984. The Morgan fingerprint density at radius 3 is 2.67 bits per heavy atom. The number of ether oxygens (including phenoxy) is 1. The van der Waals surface area contributed by atoms with E-state index in [1.54, 1.807) is 12.1 Å². The highest BCUT2D eigenvalue weighted by Gasteiger charge is 2.12. The summed E-state index contributed by atoms with van der Waals surface area (Å²) in [6.45, 7) is 5.29. The van der Waals surface area contributed by atoms with Crippen LogP contribution in [0.3, 0.4) is 0 Å². The standard InChI is InChI=1S/C27H30FNO/c1-21-12-13-27-25(16-21)18-22-8-7-9-23(17-22)19-29(14-5-2-6-15-30-27)20-24-10-3-4-11-26(24)28/h3-4,7-13,16-17H,2,5-6,14-15,18-20H2,1H3. The zero-order valence-electron chi connectivity index (χ0n) is 17.7. The fraction of sp³-hybridized carbons (Fsp3) is 0.333. The van der Waals surface area contributed by atoms with Gasteiger partial charge in [0.15, 0.2) is 0 Å². The summed E-state index contributed by atoms with van der Waals surface area (Å²) in [5, 5.41) is 0. The molecule has 3 heteroatoms. The molecule has 0 aliphatic carbocycles. The maximum absolute atomic E-state index is 14.2. The van der Waals surface area contributed by atoms with Gasteiger partial charge < -0.3 is 4.74 Å². The summed E-state index contributed by atoms with van der Waals surface area (Å²) in [4.78, 5) is 2.36. The lowest BCUT2D eigenvalue weighted by Crippen LogP contribution is -2.25. The number of fused-ring (bicyclic) bond motifs is 3. The molecule has 2 nitrogen and oxygen atoms in total. The van der Waals surface area contributed by atoms with Gasteiger partial charge >= 0.3 is 0 Å². The van der Waals surface area contributed by atoms with Crippen molar-refractivity contribution in [3.05, 3.63) is 100 Å². The Labute approximate surface area is 179 Å². The van der Waals surface area contributed by atoms with Gasteiger partial charge in [-0.25, -0.2) is 4.39 Å². The molecule has 0 N–H and O–H groups in total. The van der Waals surface area contributed by atoms with Crippen LogP contribution in [0.5, 0.6) is 5.75 Å². The van der Waals surface area contributed by atoms with Gasteiger partial charge in [-0.1, -0.05) is 60.2 Å². The predicted octanol–water partition coefficient (Wildman–Crippen LogP) is 6.29. The van der Waals surface area contributed by atoms with E-state index in [1.807, 2.05) is 12.1 Å². The summed E-state index contributed by atoms with van der Waals surface area (Å²) in [6.07, 6.45) is 4.08. The molecule has 3 aromatic rings. The zero-order chi connectivity index (χ0) is 20.8. The van der Waals surface area contributed by atoms with Crippen molar-refractivity contribution >= 4 is 0 Å². The Morgan fingerprint density at radius 2 is 1.77 bits per heavy atom. The third-order valence-electron chi connectivity index (χ3n) is 5.74. The van der Waals surface area contributed by atoms with Gasteiger partial charge in [-0.15, -0.1) is 0 Å². The minimum atomic E-state index is -0.119. The van der Waals surface area contributed by atoms with Crippen LogP contribution in [0, 0.1) is 12.7 Å². The molecule has 0 saturated heterocycles. The molecule has 0 saturated carbocycles. The van der Waals surface area contributed by atoms with E-state index in [2.05, 4.69) is 54.3 Å². The highest BCUT2D eigenvalue weighted by atomic mass is 19.1. The molecule has 0 radical (unpaired) electrons. The van der Waals surface area contributed by atoms with Crippen LogP contribution in [0.2, 0.25) is 0 Å². The second-order valence-corrected chi connectivity index (χ2v) is 8.32. The first-order chi connectivity index (χ1) is 14.7. The van der Waals surface area contributed by atoms with E-state index in [9.17, 15) is 4.39 Å². The van der Waals surface area contributed by atoms with Crippen LogP contribution < -0.4 is 4.74 Å². The van der Waals surface area contributed by atoms with Crippen molar-refractivity contribution < 1.29 is 9.13 Å².